The average molecular weight is 352 g/mol. The summed E-state index contributed by atoms with van der Waals surface area (Å²) in [5.41, 5.74) is 1.56. The number of anilines is 2. The number of aromatic nitrogens is 4. The van der Waals surface area contributed by atoms with E-state index in [9.17, 15) is 9.59 Å². The summed E-state index contributed by atoms with van der Waals surface area (Å²) in [4.78, 5) is 33.7. The highest BCUT2D eigenvalue weighted by atomic mass is 16.2. The number of para-hydroxylation sites is 2. The Balaban J connectivity index is 1.47. The maximum absolute atomic E-state index is 12.7. The minimum Gasteiger partial charge on any atom is -0.354 e. The van der Waals surface area contributed by atoms with E-state index in [4.69, 9.17) is 0 Å². The number of nitrogens with zero attached hydrogens (tertiary/aromatic N) is 4. The van der Waals surface area contributed by atoms with Gasteiger partial charge in [0.1, 0.15) is 5.82 Å². The van der Waals surface area contributed by atoms with E-state index in [0.717, 1.165) is 30.4 Å². The van der Waals surface area contributed by atoms with Crippen molar-refractivity contribution < 1.29 is 4.79 Å². The number of nitrogens with one attached hydrogen (secondary N) is 2. The van der Waals surface area contributed by atoms with Crippen LogP contribution in [0.3, 0.4) is 0 Å². The van der Waals surface area contributed by atoms with Crippen molar-refractivity contribution in [1.29, 1.82) is 0 Å². The minimum absolute atomic E-state index is 0.0569. The van der Waals surface area contributed by atoms with Gasteiger partial charge in [0.2, 0.25) is 11.9 Å². The molecule has 1 aromatic carbocycles. The van der Waals surface area contributed by atoms with Crippen molar-refractivity contribution in [2.45, 2.75) is 12.8 Å². The standard InChI is InChI=1S/C18H20N6O2/c1-23-16(25)9-8-15(22-23)24-10-4-5-12(11-24)17(26)21-18-19-13-6-2-3-7-14(13)20-18/h2-3,6-9,12H,4-5,10-11H2,1H3,(H2,19,20,21,26). The number of carbonyl (C=O) groups excluding carboxylic acids is 1. The Labute approximate surface area is 149 Å². The number of H-pyrrole nitrogens is 1. The van der Waals surface area contributed by atoms with Gasteiger partial charge in [0.05, 0.1) is 17.0 Å². The van der Waals surface area contributed by atoms with Crippen LogP contribution in [-0.4, -0.2) is 38.7 Å². The normalized spacial score (nSPS) is 17.4. The van der Waals surface area contributed by atoms with E-state index < -0.39 is 0 Å². The van der Waals surface area contributed by atoms with E-state index in [0.29, 0.717) is 18.3 Å². The molecule has 1 amide bonds. The lowest BCUT2D eigenvalue weighted by Gasteiger charge is -2.32. The summed E-state index contributed by atoms with van der Waals surface area (Å²) < 4.78 is 1.31. The van der Waals surface area contributed by atoms with Gasteiger partial charge in [0, 0.05) is 26.2 Å². The third-order valence-electron chi connectivity index (χ3n) is 4.69. The predicted molar refractivity (Wildman–Crippen MR) is 99.1 cm³/mol. The molecule has 134 valence electrons. The molecule has 26 heavy (non-hydrogen) atoms. The van der Waals surface area contributed by atoms with Crippen LogP contribution in [0.4, 0.5) is 11.8 Å². The molecule has 1 saturated heterocycles. The number of carbonyl (C=O) groups is 1. The van der Waals surface area contributed by atoms with Crippen molar-refractivity contribution in [2.24, 2.45) is 13.0 Å². The Morgan fingerprint density at radius 1 is 1.27 bits per heavy atom. The van der Waals surface area contributed by atoms with E-state index in [1.165, 1.54) is 10.7 Å². The fraction of sp³-hybridized carbons (Fsp3) is 0.333. The van der Waals surface area contributed by atoms with Gasteiger partial charge >= 0.3 is 0 Å². The number of imidazole rings is 1. The Bertz CT molecular complexity index is 975. The summed E-state index contributed by atoms with van der Waals surface area (Å²) in [7, 11) is 1.63. The molecule has 3 heterocycles. The van der Waals surface area contributed by atoms with Crippen LogP contribution in [0.1, 0.15) is 12.8 Å². The van der Waals surface area contributed by atoms with Crippen LogP contribution in [0, 0.1) is 5.92 Å². The van der Waals surface area contributed by atoms with Crippen molar-refractivity contribution in [3.8, 4) is 0 Å². The summed E-state index contributed by atoms with van der Waals surface area (Å²) in [6.07, 6.45) is 1.71. The molecule has 0 bridgehead atoms. The van der Waals surface area contributed by atoms with Gasteiger partial charge < -0.3 is 9.88 Å². The molecule has 2 N–H and O–H groups in total. The van der Waals surface area contributed by atoms with Gasteiger partial charge in [-0.2, -0.15) is 5.10 Å². The number of rotatable bonds is 3. The molecule has 1 aliphatic rings. The van der Waals surface area contributed by atoms with Gasteiger partial charge in [-0.25, -0.2) is 9.67 Å². The highest BCUT2D eigenvalue weighted by molar-refractivity contribution is 5.93. The second-order valence-corrected chi connectivity index (χ2v) is 6.53. The van der Waals surface area contributed by atoms with E-state index in [2.05, 4.69) is 20.4 Å². The molecular formula is C18H20N6O2. The lowest BCUT2D eigenvalue weighted by atomic mass is 9.97. The van der Waals surface area contributed by atoms with Gasteiger partial charge in [-0.3, -0.25) is 14.9 Å². The lowest BCUT2D eigenvalue weighted by Crippen LogP contribution is -2.41. The SMILES string of the molecule is Cn1nc(N2CCCC(C(=O)Nc3nc4ccccc4[nH]3)C2)ccc1=O. The maximum atomic E-state index is 12.7. The Morgan fingerprint density at radius 2 is 2.12 bits per heavy atom. The van der Waals surface area contributed by atoms with Gasteiger partial charge in [-0.15, -0.1) is 0 Å². The summed E-state index contributed by atoms with van der Waals surface area (Å²) in [6, 6.07) is 10.9. The molecule has 0 aliphatic carbocycles. The molecule has 4 rings (SSSR count). The number of hydrogen-bond acceptors (Lipinski definition) is 5. The van der Waals surface area contributed by atoms with Crippen LogP contribution in [0.15, 0.2) is 41.2 Å². The van der Waals surface area contributed by atoms with Gasteiger partial charge in [-0.05, 0) is 31.0 Å². The number of benzene rings is 1. The number of piperidine rings is 1. The van der Waals surface area contributed by atoms with Gasteiger partial charge in [0.25, 0.3) is 5.56 Å². The topological polar surface area (TPSA) is 95.9 Å². The van der Waals surface area contributed by atoms with E-state index in [1.54, 1.807) is 13.1 Å². The summed E-state index contributed by atoms with van der Waals surface area (Å²) >= 11 is 0. The number of hydrogen-bond donors (Lipinski definition) is 2. The molecule has 8 nitrogen and oxygen atoms in total. The van der Waals surface area contributed by atoms with Crippen molar-refractivity contribution in [3.05, 3.63) is 46.8 Å². The largest absolute Gasteiger partial charge is 0.354 e. The van der Waals surface area contributed by atoms with Gasteiger partial charge in [-0.1, -0.05) is 12.1 Å². The first-order valence-electron chi connectivity index (χ1n) is 8.65. The maximum Gasteiger partial charge on any atom is 0.266 e. The van der Waals surface area contributed by atoms with Crippen LogP contribution in [0.2, 0.25) is 0 Å². The summed E-state index contributed by atoms with van der Waals surface area (Å²) in [5.74, 6) is 0.969. The molecule has 8 heteroatoms. The Hall–Kier alpha value is -3.16. The van der Waals surface area contributed by atoms with Crippen LogP contribution >= 0.6 is 0 Å². The van der Waals surface area contributed by atoms with E-state index in [1.807, 2.05) is 29.2 Å². The van der Waals surface area contributed by atoms with Crippen LogP contribution in [0.5, 0.6) is 0 Å². The highest BCUT2D eigenvalue weighted by Gasteiger charge is 2.27. The van der Waals surface area contributed by atoms with E-state index >= 15 is 0 Å². The van der Waals surface area contributed by atoms with Gasteiger partial charge in [0.15, 0.2) is 0 Å². The molecule has 1 fully saturated rings. The first kappa shape index (κ1) is 16.3. The predicted octanol–water partition coefficient (Wildman–Crippen LogP) is 1.51. The first-order chi connectivity index (χ1) is 12.6. The third kappa shape index (κ3) is 3.17. The molecule has 0 spiro atoms. The van der Waals surface area contributed by atoms with Crippen LogP contribution < -0.4 is 15.8 Å². The molecule has 0 saturated carbocycles. The smallest absolute Gasteiger partial charge is 0.266 e. The number of aryl methyl sites for hydroxylation is 1. The molecule has 1 unspecified atom stereocenters. The molecule has 1 aliphatic heterocycles. The summed E-state index contributed by atoms with van der Waals surface area (Å²) in [6.45, 7) is 1.39. The zero-order valence-electron chi connectivity index (χ0n) is 14.5. The Morgan fingerprint density at radius 3 is 2.92 bits per heavy atom. The zero-order chi connectivity index (χ0) is 18.1. The number of amides is 1. The van der Waals surface area contributed by atoms with Crippen molar-refractivity contribution >= 4 is 28.7 Å². The number of fused-ring (bicyclic) bond motifs is 1. The highest BCUT2D eigenvalue weighted by Crippen LogP contribution is 2.22. The molecular weight excluding hydrogens is 332 g/mol. The fourth-order valence-electron chi connectivity index (χ4n) is 3.29. The zero-order valence-corrected chi connectivity index (χ0v) is 14.5. The summed E-state index contributed by atoms with van der Waals surface area (Å²) in [5, 5.41) is 7.17. The second-order valence-electron chi connectivity index (χ2n) is 6.53. The number of aromatic amines is 1. The third-order valence-corrected chi connectivity index (χ3v) is 4.69. The van der Waals surface area contributed by atoms with Crippen molar-refractivity contribution in [1.82, 2.24) is 19.7 Å². The van der Waals surface area contributed by atoms with Crippen LogP contribution in [0.25, 0.3) is 11.0 Å². The monoisotopic (exact) mass is 352 g/mol. The molecule has 3 aromatic rings. The average Bonchev–Trinajstić information content (AvgIpc) is 3.06. The molecule has 0 radical (unpaired) electrons. The lowest BCUT2D eigenvalue weighted by molar-refractivity contribution is -0.120. The van der Waals surface area contributed by atoms with Crippen molar-refractivity contribution in [2.75, 3.05) is 23.3 Å². The minimum atomic E-state index is -0.156. The second kappa shape index (κ2) is 6.62. The molecule has 2 aromatic heterocycles. The molecule has 1 atom stereocenters. The fourth-order valence-corrected chi connectivity index (χ4v) is 3.29. The first-order valence-corrected chi connectivity index (χ1v) is 8.65. The Kier molecular flexibility index (Phi) is 4.16. The van der Waals surface area contributed by atoms with Crippen LogP contribution in [-0.2, 0) is 11.8 Å². The van der Waals surface area contributed by atoms with Crippen molar-refractivity contribution in [3.63, 3.8) is 0 Å². The quantitative estimate of drug-likeness (QED) is 0.745. The van der Waals surface area contributed by atoms with E-state index in [-0.39, 0.29) is 17.4 Å².